The van der Waals surface area contributed by atoms with Crippen LogP contribution in [0.5, 0.6) is 0 Å². The Morgan fingerprint density at radius 2 is 2.12 bits per heavy atom. The van der Waals surface area contributed by atoms with Crippen molar-refractivity contribution in [3.63, 3.8) is 0 Å². The zero-order valence-corrected chi connectivity index (χ0v) is 11.3. The van der Waals surface area contributed by atoms with Crippen LogP contribution in [0, 0.1) is 23.2 Å². The molecule has 1 aliphatic rings. The van der Waals surface area contributed by atoms with Gasteiger partial charge in [-0.05, 0) is 58.0 Å². The van der Waals surface area contributed by atoms with Gasteiger partial charge in [0, 0.05) is 12.0 Å². The van der Waals surface area contributed by atoms with Crippen molar-refractivity contribution in [1.82, 2.24) is 4.90 Å². The minimum atomic E-state index is 0.211. The molecular weight excluding hydrogens is 196 g/mol. The number of hydrogen-bond donors (Lipinski definition) is 0. The molecule has 0 radical (unpaired) electrons. The number of rotatable bonds is 4. The minimum absolute atomic E-state index is 0.211. The SMILES string of the molecule is CC(C)CCN1CCCC(CC#N)C1(C)C. The van der Waals surface area contributed by atoms with Gasteiger partial charge in [0.2, 0.25) is 0 Å². The maximum Gasteiger partial charge on any atom is 0.0625 e. The van der Waals surface area contributed by atoms with Gasteiger partial charge in [-0.25, -0.2) is 0 Å². The molecule has 92 valence electrons. The Labute approximate surface area is 101 Å². The van der Waals surface area contributed by atoms with Gasteiger partial charge in [0.05, 0.1) is 6.07 Å². The lowest BCUT2D eigenvalue weighted by atomic mass is 9.77. The Balaban J connectivity index is 2.59. The summed E-state index contributed by atoms with van der Waals surface area (Å²) in [6, 6.07) is 2.35. The van der Waals surface area contributed by atoms with E-state index in [0.29, 0.717) is 12.3 Å². The van der Waals surface area contributed by atoms with Gasteiger partial charge in [0.1, 0.15) is 0 Å². The average Bonchev–Trinajstić information content (AvgIpc) is 2.19. The average molecular weight is 222 g/mol. The van der Waals surface area contributed by atoms with Gasteiger partial charge in [0.15, 0.2) is 0 Å². The highest BCUT2D eigenvalue weighted by molar-refractivity contribution is 4.96. The van der Waals surface area contributed by atoms with Crippen molar-refractivity contribution < 1.29 is 0 Å². The van der Waals surface area contributed by atoms with Gasteiger partial charge < -0.3 is 0 Å². The highest BCUT2D eigenvalue weighted by Crippen LogP contribution is 2.35. The van der Waals surface area contributed by atoms with Crippen LogP contribution in [0.1, 0.15) is 53.4 Å². The normalized spacial score (nSPS) is 25.6. The first kappa shape index (κ1) is 13.5. The summed E-state index contributed by atoms with van der Waals surface area (Å²) in [7, 11) is 0. The van der Waals surface area contributed by atoms with Crippen molar-refractivity contribution in [3.05, 3.63) is 0 Å². The largest absolute Gasteiger partial charge is 0.298 e. The van der Waals surface area contributed by atoms with Gasteiger partial charge >= 0.3 is 0 Å². The van der Waals surface area contributed by atoms with Crippen molar-refractivity contribution in [2.75, 3.05) is 13.1 Å². The standard InChI is InChI=1S/C14H26N2/c1-12(2)8-11-16-10-5-6-13(7-9-15)14(16,3)4/h12-13H,5-8,10-11H2,1-4H3. The van der Waals surface area contributed by atoms with E-state index in [2.05, 4.69) is 38.7 Å². The summed E-state index contributed by atoms with van der Waals surface area (Å²) < 4.78 is 0. The molecule has 0 saturated carbocycles. The molecule has 0 N–H and O–H groups in total. The van der Waals surface area contributed by atoms with Crippen molar-refractivity contribution in [1.29, 1.82) is 5.26 Å². The summed E-state index contributed by atoms with van der Waals surface area (Å²) >= 11 is 0. The first-order valence-corrected chi connectivity index (χ1v) is 6.60. The maximum absolute atomic E-state index is 8.89. The maximum atomic E-state index is 8.89. The van der Waals surface area contributed by atoms with E-state index in [4.69, 9.17) is 5.26 Å². The lowest BCUT2D eigenvalue weighted by Gasteiger charge is -2.48. The van der Waals surface area contributed by atoms with Crippen LogP contribution in [-0.2, 0) is 0 Å². The molecule has 2 nitrogen and oxygen atoms in total. The van der Waals surface area contributed by atoms with Crippen LogP contribution in [0.15, 0.2) is 0 Å². The third kappa shape index (κ3) is 3.22. The summed E-state index contributed by atoms with van der Waals surface area (Å²) in [5.74, 6) is 1.32. The molecule has 0 bridgehead atoms. The molecule has 16 heavy (non-hydrogen) atoms. The van der Waals surface area contributed by atoms with E-state index in [0.717, 1.165) is 5.92 Å². The Morgan fingerprint density at radius 3 is 2.69 bits per heavy atom. The minimum Gasteiger partial charge on any atom is -0.298 e. The van der Waals surface area contributed by atoms with Crippen molar-refractivity contribution in [2.24, 2.45) is 11.8 Å². The first-order valence-electron chi connectivity index (χ1n) is 6.60. The van der Waals surface area contributed by atoms with Crippen LogP contribution in [0.25, 0.3) is 0 Å². The molecular formula is C14H26N2. The summed E-state index contributed by atoms with van der Waals surface area (Å²) in [6.45, 7) is 11.6. The molecule has 1 heterocycles. The quantitative estimate of drug-likeness (QED) is 0.728. The molecule has 0 aromatic carbocycles. The van der Waals surface area contributed by atoms with Gasteiger partial charge in [-0.3, -0.25) is 4.90 Å². The zero-order chi connectivity index (χ0) is 12.2. The van der Waals surface area contributed by atoms with E-state index >= 15 is 0 Å². The summed E-state index contributed by atoms with van der Waals surface area (Å²) in [5.41, 5.74) is 0.211. The monoisotopic (exact) mass is 222 g/mol. The van der Waals surface area contributed by atoms with E-state index in [9.17, 15) is 0 Å². The molecule has 1 rings (SSSR count). The van der Waals surface area contributed by atoms with Crippen LogP contribution in [0.4, 0.5) is 0 Å². The molecule has 0 aliphatic carbocycles. The Bertz CT molecular complexity index is 250. The molecule has 0 amide bonds. The second-order valence-corrected chi connectivity index (χ2v) is 6.02. The number of nitriles is 1. The fourth-order valence-electron chi connectivity index (χ4n) is 2.70. The van der Waals surface area contributed by atoms with Gasteiger partial charge in [-0.2, -0.15) is 5.26 Å². The lowest BCUT2D eigenvalue weighted by molar-refractivity contribution is 0.0206. The van der Waals surface area contributed by atoms with Crippen LogP contribution < -0.4 is 0 Å². The van der Waals surface area contributed by atoms with Gasteiger partial charge in [0.25, 0.3) is 0 Å². The predicted molar refractivity (Wildman–Crippen MR) is 68.1 cm³/mol. The number of likely N-dealkylation sites (tertiary alicyclic amines) is 1. The van der Waals surface area contributed by atoms with E-state index in [1.165, 1.54) is 32.4 Å². The zero-order valence-electron chi connectivity index (χ0n) is 11.3. The van der Waals surface area contributed by atoms with Crippen LogP contribution in [-0.4, -0.2) is 23.5 Å². The fourth-order valence-corrected chi connectivity index (χ4v) is 2.70. The Kier molecular flexibility index (Phi) is 4.80. The molecule has 0 aromatic heterocycles. The van der Waals surface area contributed by atoms with Crippen LogP contribution >= 0.6 is 0 Å². The molecule has 1 fully saturated rings. The topological polar surface area (TPSA) is 27.0 Å². The molecule has 1 atom stereocenters. The number of piperidine rings is 1. The first-order chi connectivity index (χ1) is 7.48. The Hall–Kier alpha value is -0.550. The number of hydrogen-bond acceptors (Lipinski definition) is 2. The molecule has 1 unspecified atom stereocenters. The van der Waals surface area contributed by atoms with E-state index < -0.39 is 0 Å². The number of nitrogens with zero attached hydrogens (tertiary/aromatic N) is 2. The van der Waals surface area contributed by atoms with Crippen molar-refractivity contribution >= 4 is 0 Å². The van der Waals surface area contributed by atoms with Crippen LogP contribution in [0.2, 0.25) is 0 Å². The summed E-state index contributed by atoms with van der Waals surface area (Å²) in [5, 5.41) is 8.89. The highest BCUT2D eigenvalue weighted by Gasteiger charge is 2.37. The van der Waals surface area contributed by atoms with E-state index in [-0.39, 0.29) is 5.54 Å². The Morgan fingerprint density at radius 1 is 1.44 bits per heavy atom. The lowest BCUT2D eigenvalue weighted by Crippen LogP contribution is -2.53. The summed E-state index contributed by atoms with van der Waals surface area (Å²) in [6.07, 6.45) is 4.46. The van der Waals surface area contributed by atoms with Crippen molar-refractivity contribution in [3.8, 4) is 6.07 Å². The molecule has 0 spiro atoms. The molecule has 0 aromatic rings. The second kappa shape index (κ2) is 5.68. The second-order valence-electron chi connectivity index (χ2n) is 6.02. The van der Waals surface area contributed by atoms with Crippen LogP contribution in [0.3, 0.4) is 0 Å². The highest BCUT2D eigenvalue weighted by atomic mass is 15.2. The van der Waals surface area contributed by atoms with E-state index in [1.54, 1.807) is 0 Å². The van der Waals surface area contributed by atoms with E-state index in [1.807, 2.05) is 0 Å². The molecule has 1 aliphatic heterocycles. The van der Waals surface area contributed by atoms with Crippen molar-refractivity contribution in [2.45, 2.75) is 58.9 Å². The fraction of sp³-hybridized carbons (Fsp3) is 0.929. The smallest absolute Gasteiger partial charge is 0.0625 e. The third-order valence-electron chi connectivity index (χ3n) is 4.11. The third-order valence-corrected chi connectivity index (χ3v) is 4.11. The van der Waals surface area contributed by atoms with Gasteiger partial charge in [-0.15, -0.1) is 0 Å². The molecule has 2 heteroatoms. The summed E-state index contributed by atoms with van der Waals surface area (Å²) in [4.78, 5) is 2.60. The van der Waals surface area contributed by atoms with Gasteiger partial charge in [-0.1, -0.05) is 13.8 Å². The molecule has 1 saturated heterocycles. The predicted octanol–water partition coefficient (Wildman–Crippen LogP) is 3.44.